The van der Waals surface area contributed by atoms with Crippen molar-refractivity contribution < 1.29 is 8.42 Å². The predicted molar refractivity (Wildman–Crippen MR) is 105 cm³/mol. The summed E-state index contributed by atoms with van der Waals surface area (Å²) in [5.41, 5.74) is 3.09. The summed E-state index contributed by atoms with van der Waals surface area (Å²) in [6.07, 6.45) is 8.17. The summed E-state index contributed by atoms with van der Waals surface area (Å²) in [6, 6.07) is 9.85. The Balaban J connectivity index is 1.45. The lowest BCUT2D eigenvalue weighted by Crippen LogP contribution is -2.47. The second kappa shape index (κ2) is 8.04. The maximum atomic E-state index is 12.7. The summed E-state index contributed by atoms with van der Waals surface area (Å²) in [7, 11) is -3.42. The average molecular weight is 387 g/mol. The van der Waals surface area contributed by atoms with Crippen molar-refractivity contribution in [3.05, 3.63) is 47.8 Å². The number of fused-ring (bicyclic) bond motifs is 1. The Labute approximate surface area is 161 Å². The number of aryl methyl sites for hydroxylation is 1. The lowest BCUT2D eigenvalue weighted by atomic mass is 9.93. The first-order valence-electron chi connectivity index (χ1n) is 9.79. The molecule has 2 aromatic rings. The van der Waals surface area contributed by atoms with Gasteiger partial charge in [0.1, 0.15) is 0 Å². The van der Waals surface area contributed by atoms with Crippen LogP contribution >= 0.6 is 0 Å². The third-order valence-electron chi connectivity index (χ3n) is 5.40. The van der Waals surface area contributed by atoms with Gasteiger partial charge in [-0.1, -0.05) is 43.2 Å². The molecule has 1 aromatic carbocycles. The van der Waals surface area contributed by atoms with Gasteiger partial charge in [-0.05, 0) is 37.7 Å². The van der Waals surface area contributed by atoms with Crippen molar-refractivity contribution in [1.82, 2.24) is 19.0 Å². The molecule has 0 spiro atoms. The van der Waals surface area contributed by atoms with E-state index in [0.29, 0.717) is 19.5 Å². The molecule has 0 radical (unpaired) electrons. The third-order valence-corrected chi connectivity index (χ3v) is 7.08. The minimum atomic E-state index is -3.42. The van der Waals surface area contributed by atoms with Gasteiger partial charge < -0.3 is 0 Å². The Morgan fingerprint density at radius 3 is 2.52 bits per heavy atom. The molecule has 1 aliphatic heterocycles. The number of hydrogen-bond acceptors (Lipinski definition) is 4. The lowest BCUT2D eigenvalue weighted by molar-refractivity contribution is 0.400. The van der Waals surface area contributed by atoms with Crippen LogP contribution in [0.25, 0.3) is 11.4 Å². The number of benzene rings is 1. The molecule has 144 valence electrons. The first kappa shape index (κ1) is 18.5. The van der Waals surface area contributed by atoms with Gasteiger partial charge >= 0.3 is 0 Å². The van der Waals surface area contributed by atoms with Crippen molar-refractivity contribution in [3.8, 4) is 11.4 Å². The summed E-state index contributed by atoms with van der Waals surface area (Å²) >= 11 is 0. The molecule has 1 aliphatic carbocycles. The summed E-state index contributed by atoms with van der Waals surface area (Å²) in [5.74, 6) is 0.734. The minimum Gasteiger partial charge on any atom is -0.236 e. The van der Waals surface area contributed by atoms with Gasteiger partial charge in [-0.15, -0.1) is 0 Å². The average Bonchev–Trinajstić information content (AvgIpc) is 2.98. The highest BCUT2D eigenvalue weighted by atomic mass is 32.2. The molecule has 1 fully saturated rings. The first-order chi connectivity index (χ1) is 13.1. The summed E-state index contributed by atoms with van der Waals surface area (Å²) in [5, 5.41) is 0. The van der Waals surface area contributed by atoms with Gasteiger partial charge in [0.2, 0.25) is 0 Å². The molecule has 0 bridgehead atoms. The van der Waals surface area contributed by atoms with Crippen LogP contribution in [0.2, 0.25) is 0 Å². The van der Waals surface area contributed by atoms with Crippen molar-refractivity contribution >= 4 is 10.2 Å². The van der Waals surface area contributed by atoms with Crippen LogP contribution < -0.4 is 4.72 Å². The van der Waals surface area contributed by atoms with Gasteiger partial charge in [0.05, 0.1) is 0 Å². The van der Waals surface area contributed by atoms with Gasteiger partial charge in [-0.3, -0.25) is 0 Å². The topological polar surface area (TPSA) is 75.2 Å². The summed E-state index contributed by atoms with van der Waals surface area (Å²) in [4.78, 5) is 9.21. The molecule has 2 aliphatic rings. The van der Waals surface area contributed by atoms with Crippen LogP contribution in [0.15, 0.2) is 36.5 Å². The molecule has 2 heterocycles. The molecular weight excluding hydrogens is 360 g/mol. The zero-order valence-electron chi connectivity index (χ0n) is 15.5. The van der Waals surface area contributed by atoms with Crippen LogP contribution in [0.3, 0.4) is 0 Å². The van der Waals surface area contributed by atoms with E-state index in [9.17, 15) is 8.42 Å². The second-order valence-corrected chi connectivity index (χ2v) is 9.11. The van der Waals surface area contributed by atoms with Gasteiger partial charge in [-0.2, -0.15) is 17.4 Å². The van der Waals surface area contributed by atoms with Crippen molar-refractivity contribution in [2.45, 2.75) is 51.0 Å². The SMILES string of the molecule is O=S(=O)(N[C@H]1CCc2nc(-c3ccccc3)ncc2C1)N1CCCCCC1. The van der Waals surface area contributed by atoms with Gasteiger partial charge in [-0.25, -0.2) is 9.97 Å². The summed E-state index contributed by atoms with van der Waals surface area (Å²) < 4.78 is 30.0. The Morgan fingerprint density at radius 1 is 1.04 bits per heavy atom. The van der Waals surface area contributed by atoms with Crippen LogP contribution in [-0.4, -0.2) is 41.8 Å². The van der Waals surface area contributed by atoms with E-state index in [1.807, 2.05) is 36.5 Å². The van der Waals surface area contributed by atoms with E-state index in [4.69, 9.17) is 4.98 Å². The Bertz CT molecular complexity index is 878. The van der Waals surface area contributed by atoms with E-state index in [-0.39, 0.29) is 6.04 Å². The fourth-order valence-electron chi connectivity index (χ4n) is 3.90. The van der Waals surface area contributed by atoms with Crippen molar-refractivity contribution in [2.24, 2.45) is 0 Å². The van der Waals surface area contributed by atoms with E-state index >= 15 is 0 Å². The Kier molecular flexibility index (Phi) is 5.52. The number of hydrogen-bond donors (Lipinski definition) is 1. The molecule has 1 aromatic heterocycles. The minimum absolute atomic E-state index is 0.0862. The first-order valence-corrected chi connectivity index (χ1v) is 11.2. The molecule has 0 amide bonds. The highest BCUT2D eigenvalue weighted by Gasteiger charge is 2.29. The molecular formula is C20H26N4O2S. The highest BCUT2D eigenvalue weighted by Crippen LogP contribution is 2.23. The largest absolute Gasteiger partial charge is 0.279 e. The van der Waals surface area contributed by atoms with E-state index in [0.717, 1.165) is 61.2 Å². The lowest BCUT2D eigenvalue weighted by Gasteiger charge is -2.28. The highest BCUT2D eigenvalue weighted by molar-refractivity contribution is 7.87. The Morgan fingerprint density at radius 2 is 1.78 bits per heavy atom. The summed E-state index contributed by atoms with van der Waals surface area (Å²) in [6.45, 7) is 1.25. The normalized spacial score (nSPS) is 21.4. The molecule has 4 rings (SSSR count). The van der Waals surface area contributed by atoms with E-state index in [1.165, 1.54) is 0 Å². The molecule has 7 heteroatoms. The van der Waals surface area contributed by atoms with Gasteiger partial charge in [0.15, 0.2) is 5.82 Å². The molecule has 1 N–H and O–H groups in total. The smallest absolute Gasteiger partial charge is 0.236 e. The fourth-order valence-corrected chi connectivity index (χ4v) is 5.41. The zero-order valence-corrected chi connectivity index (χ0v) is 16.3. The van der Waals surface area contributed by atoms with E-state index < -0.39 is 10.2 Å². The maximum Gasteiger partial charge on any atom is 0.279 e. The molecule has 6 nitrogen and oxygen atoms in total. The zero-order chi connectivity index (χ0) is 18.7. The number of nitrogens with zero attached hydrogens (tertiary/aromatic N) is 3. The standard InChI is InChI=1S/C20H26N4O2S/c25-27(26,24-12-6-1-2-7-13-24)23-18-10-11-19-17(14-18)15-21-20(22-19)16-8-4-3-5-9-16/h3-5,8-9,15,18,23H,1-2,6-7,10-14H2/t18-/m0/s1. The monoisotopic (exact) mass is 386 g/mol. The second-order valence-electron chi connectivity index (χ2n) is 7.41. The molecule has 0 unspecified atom stereocenters. The third kappa shape index (κ3) is 4.36. The Hall–Kier alpha value is -1.83. The molecule has 0 saturated carbocycles. The number of rotatable bonds is 4. The van der Waals surface area contributed by atoms with Crippen LogP contribution in [0.1, 0.15) is 43.4 Å². The quantitative estimate of drug-likeness (QED) is 0.877. The van der Waals surface area contributed by atoms with Crippen LogP contribution in [0.4, 0.5) is 0 Å². The molecule has 1 atom stereocenters. The van der Waals surface area contributed by atoms with E-state index in [2.05, 4.69) is 9.71 Å². The van der Waals surface area contributed by atoms with Crippen molar-refractivity contribution in [2.75, 3.05) is 13.1 Å². The maximum absolute atomic E-state index is 12.7. The van der Waals surface area contributed by atoms with E-state index in [1.54, 1.807) is 4.31 Å². The molecule has 27 heavy (non-hydrogen) atoms. The van der Waals surface area contributed by atoms with Crippen LogP contribution in [0, 0.1) is 0 Å². The molecule has 1 saturated heterocycles. The number of aromatic nitrogens is 2. The van der Waals surface area contributed by atoms with Gasteiger partial charge in [0.25, 0.3) is 10.2 Å². The van der Waals surface area contributed by atoms with Gasteiger partial charge in [0, 0.05) is 36.6 Å². The fraction of sp³-hybridized carbons (Fsp3) is 0.500. The predicted octanol–water partition coefficient (Wildman–Crippen LogP) is 2.71. The van der Waals surface area contributed by atoms with Crippen molar-refractivity contribution in [3.63, 3.8) is 0 Å². The van der Waals surface area contributed by atoms with Crippen molar-refractivity contribution in [1.29, 1.82) is 0 Å². The number of nitrogens with one attached hydrogen (secondary N) is 1. The van der Waals surface area contributed by atoms with Crippen LogP contribution in [-0.2, 0) is 23.1 Å². The van der Waals surface area contributed by atoms with Crippen LogP contribution in [0.5, 0.6) is 0 Å².